The summed E-state index contributed by atoms with van der Waals surface area (Å²) in [5.74, 6) is 0. The molecule has 1 aromatic rings. The zero-order valence-electron chi connectivity index (χ0n) is 11.9. The van der Waals surface area contributed by atoms with Gasteiger partial charge in [0.25, 0.3) is 5.69 Å². The molecule has 1 aliphatic heterocycles. The summed E-state index contributed by atoms with van der Waals surface area (Å²) in [5.41, 5.74) is 1.12. The lowest BCUT2D eigenvalue weighted by Gasteiger charge is -2.31. The fourth-order valence-electron chi connectivity index (χ4n) is 2.49. The van der Waals surface area contributed by atoms with Gasteiger partial charge in [-0.3, -0.25) is 15.0 Å². The Bertz CT molecular complexity index is 592. The molecule has 1 aromatic carbocycles. The Morgan fingerprint density at radius 1 is 1.29 bits per heavy atom. The number of nitrogens with one attached hydrogen (secondary N) is 1. The second kappa shape index (κ2) is 6.50. The first-order chi connectivity index (χ1) is 9.83. The van der Waals surface area contributed by atoms with Crippen LogP contribution in [0.3, 0.4) is 0 Å². The number of hydrogen-bond acceptors (Lipinski definition) is 5. The molecule has 0 atom stereocenters. The average molecular weight is 313 g/mol. The average Bonchev–Trinajstić information content (AvgIpc) is 2.40. The lowest BCUT2D eigenvalue weighted by atomic mass is 10.1. The summed E-state index contributed by atoms with van der Waals surface area (Å²) < 4.78 is 25.0. The molecule has 1 heterocycles. The molecule has 8 heteroatoms. The molecule has 0 saturated carbocycles. The van der Waals surface area contributed by atoms with E-state index in [9.17, 15) is 18.5 Å². The van der Waals surface area contributed by atoms with Crippen LogP contribution in [-0.2, 0) is 16.6 Å². The molecule has 0 aromatic heterocycles. The second-order valence-corrected chi connectivity index (χ2v) is 7.14. The fourth-order valence-corrected chi connectivity index (χ4v) is 3.33. The van der Waals surface area contributed by atoms with Gasteiger partial charge in [-0.1, -0.05) is 12.1 Å². The molecule has 2 rings (SSSR count). The van der Waals surface area contributed by atoms with Gasteiger partial charge in [-0.05, 0) is 18.4 Å². The zero-order chi connectivity index (χ0) is 15.5. The maximum Gasteiger partial charge on any atom is 0.269 e. The zero-order valence-corrected chi connectivity index (χ0v) is 12.7. The van der Waals surface area contributed by atoms with E-state index >= 15 is 0 Å². The lowest BCUT2D eigenvalue weighted by molar-refractivity contribution is -0.384. The summed E-state index contributed by atoms with van der Waals surface area (Å²) in [5, 5.41) is 10.6. The Labute approximate surface area is 124 Å². The first-order valence-electron chi connectivity index (χ1n) is 6.76. The van der Waals surface area contributed by atoms with E-state index in [0.717, 1.165) is 38.0 Å². The van der Waals surface area contributed by atoms with Gasteiger partial charge in [0.15, 0.2) is 0 Å². The molecule has 116 valence electrons. The van der Waals surface area contributed by atoms with Crippen LogP contribution in [0.2, 0.25) is 0 Å². The van der Waals surface area contributed by atoms with E-state index in [2.05, 4.69) is 9.62 Å². The monoisotopic (exact) mass is 313 g/mol. The van der Waals surface area contributed by atoms with Crippen molar-refractivity contribution in [3.8, 4) is 0 Å². The van der Waals surface area contributed by atoms with Crippen LogP contribution in [0.15, 0.2) is 24.3 Å². The van der Waals surface area contributed by atoms with Crippen LogP contribution in [0.5, 0.6) is 0 Å². The summed E-state index contributed by atoms with van der Waals surface area (Å²) in [7, 11) is -3.15. The third-order valence-corrected chi connectivity index (χ3v) is 4.28. The van der Waals surface area contributed by atoms with E-state index in [1.165, 1.54) is 18.4 Å². The second-order valence-electron chi connectivity index (χ2n) is 5.36. The molecular weight excluding hydrogens is 294 g/mol. The molecule has 0 amide bonds. The summed E-state index contributed by atoms with van der Waals surface area (Å²) in [6.45, 7) is 2.35. The molecule has 1 aliphatic rings. The number of benzene rings is 1. The van der Waals surface area contributed by atoms with Gasteiger partial charge in [-0.15, -0.1) is 0 Å². The molecule has 1 saturated heterocycles. The molecule has 0 spiro atoms. The highest BCUT2D eigenvalue weighted by atomic mass is 32.2. The normalized spacial score (nSPS) is 17.8. The summed E-state index contributed by atoms with van der Waals surface area (Å²) in [4.78, 5) is 12.4. The molecular formula is C13H19N3O4S. The van der Waals surface area contributed by atoms with E-state index in [4.69, 9.17) is 0 Å². The maximum absolute atomic E-state index is 11.2. The van der Waals surface area contributed by atoms with Crippen LogP contribution < -0.4 is 4.72 Å². The highest BCUT2D eigenvalue weighted by Gasteiger charge is 2.21. The van der Waals surface area contributed by atoms with E-state index in [0.29, 0.717) is 0 Å². The predicted molar refractivity (Wildman–Crippen MR) is 79.4 cm³/mol. The van der Waals surface area contributed by atoms with Crippen LogP contribution in [0, 0.1) is 10.1 Å². The van der Waals surface area contributed by atoms with Crippen LogP contribution in [0.1, 0.15) is 18.4 Å². The van der Waals surface area contributed by atoms with Crippen molar-refractivity contribution in [3.05, 3.63) is 39.9 Å². The Morgan fingerprint density at radius 2 is 1.86 bits per heavy atom. The minimum atomic E-state index is -3.15. The summed E-state index contributed by atoms with van der Waals surface area (Å²) in [6.07, 6.45) is 2.73. The highest BCUT2D eigenvalue weighted by molar-refractivity contribution is 7.88. The number of likely N-dealkylation sites (tertiary alicyclic amines) is 1. The third kappa shape index (κ3) is 5.07. The standard InChI is InChI=1S/C13H19N3O4S/c1-21(19,20)14-12-6-8-15(9-7-12)10-11-2-4-13(5-3-11)16(17)18/h2-5,12,14H,6-10H2,1H3. The summed E-state index contributed by atoms with van der Waals surface area (Å²) in [6, 6.07) is 6.55. The van der Waals surface area contributed by atoms with Crippen molar-refractivity contribution in [2.24, 2.45) is 0 Å². The van der Waals surface area contributed by atoms with Gasteiger partial charge in [-0.2, -0.15) is 0 Å². The van der Waals surface area contributed by atoms with E-state index in [1.54, 1.807) is 12.1 Å². The lowest BCUT2D eigenvalue weighted by Crippen LogP contribution is -2.43. The molecule has 1 fully saturated rings. The Hall–Kier alpha value is -1.51. The van der Waals surface area contributed by atoms with Crippen molar-refractivity contribution >= 4 is 15.7 Å². The number of rotatable bonds is 5. The fraction of sp³-hybridized carbons (Fsp3) is 0.538. The van der Waals surface area contributed by atoms with Gasteiger partial charge in [0.2, 0.25) is 10.0 Å². The SMILES string of the molecule is CS(=O)(=O)NC1CCN(Cc2ccc([N+](=O)[O-])cc2)CC1. The van der Waals surface area contributed by atoms with E-state index < -0.39 is 14.9 Å². The smallest absolute Gasteiger partial charge is 0.269 e. The van der Waals surface area contributed by atoms with Gasteiger partial charge in [0.05, 0.1) is 11.2 Å². The van der Waals surface area contributed by atoms with Gasteiger partial charge < -0.3 is 0 Å². The number of sulfonamides is 1. The number of hydrogen-bond donors (Lipinski definition) is 1. The minimum absolute atomic E-state index is 0.00751. The molecule has 0 aliphatic carbocycles. The minimum Gasteiger partial charge on any atom is -0.299 e. The van der Waals surface area contributed by atoms with Crippen molar-refractivity contribution in [3.63, 3.8) is 0 Å². The quantitative estimate of drug-likeness (QED) is 0.649. The number of nitro benzene ring substituents is 1. The van der Waals surface area contributed by atoms with E-state index in [-0.39, 0.29) is 11.7 Å². The van der Waals surface area contributed by atoms with Crippen molar-refractivity contribution in [1.82, 2.24) is 9.62 Å². The van der Waals surface area contributed by atoms with E-state index in [1.807, 2.05) is 0 Å². The van der Waals surface area contributed by atoms with Crippen LogP contribution >= 0.6 is 0 Å². The molecule has 7 nitrogen and oxygen atoms in total. The molecule has 0 unspecified atom stereocenters. The molecule has 0 radical (unpaired) electrons. The Balaban J connectivity index is 1.84. The Morgan fingerprint density at radius 3 is 2.33 bits per heavy atom. The van der Waals surface area contributed by atoms with Crippen molar-refractivity contribution in [2.75, 3.05) is 19.3 Å². The molecule has 21 heavy (non-hydrogen) atoms. The van der Waals surface area contributed by atoms with Gasteiger partial charge in [0, 0.05) is 37.8 Å². The van der Waals surface area contributed by atoms with Crippen molar-refractivity contribution in [2.45, 2.75) is 25.4 Å². The first kappa shape index (κ1) is 15.9. The molecule has 0 bridgehead atoms. The highest BCUT2D eigenvalue weighted by Crippen LogP contribution is 2.17. The number of piperidine rings is 1. The largest absolute Gasteiger partial charge is 0.299 e. The molecule has 1 N–H and O–H groups in total. The van der Waals surface area contributed by atoms with Crippen molar-refractivity contribution < 1.29 is 13.3 Å². The van der Waals surface area contributed by atoms with Crippen molar-refractivity contribution in [1.29, 1.82) is 0 Å². The maximum atomic E-state index is 11.2. The predicted octanol–water partition coefficient (Wildman–Crippen LogP) is 1.11. The van der Waals surface area contributed by atoms with Gasteiger partial charge in [-0.25, -0.2) is 13.1 Å². The third-order valence-electron chi connectivity index (χ3n) is 3.52. The number of nitro groups is 1. The number of nitrogens with zero attached hydrogens (tertiary/aromatic N) is 2. The van der Waals surface area contributed by atoms with Crippen LogP contribution in [0.25, 0.3) is 0 Å². The topological polar surface area (TPSA) is 92.6 Å². The van der Waals surface area contributed by atoms with Gasteiger partial charge >= 0.3 is 0 Å². The van der Waals surface area contributed by atoms with Crippen LogP contribution in [-0.4, -0.2) is 43.6 Å². The number of non-ortho nitro benzene ring substituents is 1. The summed E-state index contributed by atoms with van der Waals surface area (Å²) >= 11 is 0. The first-order valence-corrected chi connectivity index (χ1v) is 8.65. The Kier molecular flexibility index (Phi) is 4.92. The van der Waals surface area contributed by atoms with Crippen LogP contribution in [0.4, 0.5) is 5.69 Å². The van der Waals surface area contributed by atoms with Gasteiger partial charge in [0.1, 0.15) is 0 Å².